The van der Waals surface area contributed by atoms with Crippen LogP contribution in [0.3, 0.4) is 0 Å². The van der Waals surface area contributed by atoms with Crippen LogP contribution < -0.4 is 16.2 Å². The number of nitrogens with zero attached hydrogens (tertiary/aromatic N) is 4. The minimum Gasteiger partial charge on any atom is -0.356 e. The molecule has 24 heavy (non-hydrogen) atoms. The predicted molar refractivity (Wildman–Crippen MR) is 98.6 cm³/mol. The summed E-state index contributed by atoms with van der Waals surface area (Å²) in [4.78, 5) is 17.5. The number of rotatable bonds is 2. The lowest BCUT2D eigenvalue weighted by molar-refractivity contribution is 0.572. The molecule has 0 unspecified atom stereocenters. The number of piperidine rings is 1. The normalized spacial score (nSPS) is 17.6. The first-order valence-corrected chi connectivity index (χ1v) is 9.49. The number of hydrogen-bond acceptors (Lipinski definition) is 7. The van der Waals surface area contributed by atoms with E-state index in [1.54, 1.807) is 17.7 Å². The van der Waals surface area contributed by atoms with E-state index in [9.17, 15) is 0 Å². The van der Waals surface area contributed by atoms with Crippen LogP contribution in [-0.2, 0) is 12.8 Å². The number of thiophene rings is 1. The van der Waals surface area contributed by atoms with Gasteiger partial charge in [-0.15, -0.1) is 11.3 Å². The van der Waals surface area contributed by atoms with E-state index in [4.69, 9.17) is 10.8 Å². The molecule has 0 aromatic carbocycles. The van der Waals surface area contributed by atoms with Crippen molar-refractivity contribution in [3.63, 3.8) is 0 Å². The Kier molecular flexibility index (Phi) is 3.31. The Hall–Kier alpha value is -1.99. The first kappa shape index (κ1) is 14.4. The summed E-state index contributed by atoms with van der Waals surface area (Å²) in [5.74, 6) is 7.54. The molecule has 6 nitrogen and oxygen atoms in total. The zero-order valence-electron chi connectivity index (χ0n) is 13.5. The fourth-order valence-corrected chi connectivity index (χ4v) is 5.26. The smallest absolute Gasteiger partial charge is 0.161 e. The number of nitrogens with one attached hydrogen (secondary N) is 1. The second-order valence-corrected chi connectivity index (χ2v) is 7.62. The van der Waals surface area contributed by atoms with Crippen molar-refractivity contribution in [1.82, 2.24) is 15.0 Å². The zero-order valence-corrected chi connectivity index (χ0v) is 14.3. The molecule has 0 radical (unpaired) electrons. The van der Waals surface area contributed by atoms with Crippen LogP contribution in [0.4, 0.5) is 11.6 Å². The molecule has 124 valence electrons. The van der Waals surface area contributed by atoms with Crippen molar-refractivity contribution in [2.45, 2.75) is 38.5 Å². The van der Waals surface area contributed by atoms with Crippen molar-refractivity contribution < 1.29 is 0 Å². The lowest BCUT2D eigenvalue weighted by atomic mass is 10.1. The van der Waals surface area contributed by atoms with E-state index in [-0.39, 0.29) is 0 Å². The highest BCUT2D eigenvalue weighted by molar-refractivity contribution is 7.26. The van der Waals surface area contributed by atoms with E-state index in [0.29, 0.717) is 5.82 Å². The molecule has 0 amide bonds. The standard InChI is InChI=1S/C17H20N6S/c18-22-15-14-13(19-9-20-15)12-10-5-4-6-11(10)16(21-17(12)24-14)23-7-2-1-3-8-23/h9H,1-8,18H2,(H,19,20,22). The summed E-state index contributed by atoms with van der Waals surface area (Å²) in [5, 5.41) is 1.22. The van der Waals surface area contributed by atoms with Gasteiger partial charge in [0.15, 0.2) is 5.82 Å². The quantitative estimate of drug-likeness (QED) is 0.551. The van der Waals surface area contributed by atoms with E-state index in [1.165, 1.54) is 48.0 Å². The molecule has 3 N–H and O–H groups in total. The molecule has 0 saturated carbocycles. The van der Waals surface area contributed by atoms with Crippen LogP contribution in [-0.4, -0.2) is 28.0 Å². The van der Waals surface area contributed by atoms with Gasteiger partial charge < -0.3 is 10.3 Å². The maximum absolute atomic E-state index is 5.64. The van der Waals surface area contributed by atoms with Crippen molar-refractivity contribution in [1.29, 1.82) is 0 Å². The van der Waals surface area contributed by atoms with E-state index < -0.39 is 0 Å². The Morgan fingerprint density at radius 1 is 1.04 bits per heavy atom. The fraction of sp³-hybridized carbons (Fsp3) is 0.471. The summed E-state index contributed by atoms with van der Waals surface area (Å²) in [7, 11) is 0. The van der Waals surface area contributed by atoms with Crippen molar-refractivity contribution in [2.75, 3.05) is 23.4 Å². The summed E-state index contributed by atoms with van der Waals surface area (Å²) in [6.45, 7) is 2.26. The van der Waals surface area contributed by atoms with Crippen LogP contribution in [0.1, 0.15) is 36.8 Å². The van der Waals surface area contributed by atoms with Crippen LogP contribution in [0.5, 0.6) is 0 Å². The van der Waals surface area contributed by atoms with E-state index >= 15 is 0 Å². The van der Waals surface area contributed by atoms with Gasteiger partial charge in [-0.1, -0.05) is 0 Å². The van der Waals surface area contributed by atoms with Gasteiger partial charge in [-0.05, 0) is 49.7 Å². The highest BCUT2D eigenvalue weighted by Crippen LogP contribution is 2.43. The molecule has 3 aromatic rings. The molecular weight excluding hydrogens is 320 g/mol. The third-order valence-corrected chi connectivity index (χ3v) is 6.32. The Bertz CT molecular complexity index is 928. The summed E-state index contributed by atoms with van der Waals surface area (Å²) >= 11 is 1.65. The minimum absolute atomic E-state index is 0.689. The topological polar surface area (TPSA) is 80.0 Å². The number of hydrazine groups is 1. The lowest BCUT2D eigenvalue weighted by Gasteiger charge is -2.29. The van der Waals surface area contributed by atoms with Crippen LogP contribution in [0.25, 0.3) is 20.4 Å². The molecule has 0 spiro atoms. The Morgan fingerprint density at radius 2 is 1.88 bits per heavy atom. The van der Waals surface area contributed by atoms with Crippen LogP contribution in [0.2, 0.25) is 0 Å². The highest BCUT2D eigenvalue weighted by Gasteiger charge is 2.27. The van der Waals surface area contributed by atoms with Crippen LogP contribution in [0, 0.1) is 0 Å². The molecule has 1 fully saturated rings. The van der Waals surface area contributed by atoms with Gasteiger partial charge >= 0.3 is 0 Å². The van der Waals surface area contributed by atoms with E-state index in [0.717, 1.165) is 41.0 Å². The van der Waals surface area contributed by atoms with Gasteiger partial charge in [0.1, 0.15) is 17.0 Å². The van der Waals surface area contributed by atoms with Gasteiger partial charge in [0, 0.05) is 18.5 Å². The summed E-state index contributed by atoms with van der Waals surface area (Å²) in [5.41, 5.74) is 6.59. The van der Waals surface area contributed by atoms with Crippen molar-refractivity contribution in [2.24, 2.45) is 5.84 Å². The summed E-state index contributed by atoms with van der Waals surface area (Å²) < 4.78 is 1.01. The van der Waals surface area contributed by atoms with E-state index in [2.05, 4.69) is 20.3 Å². The van der Waals surface area contributed by atoms with Crippen molar-refractivity contribution in [3.05, 3.63) is 17.5 Å². The van der Waals surface area contributed by atoms with Gasteiger partial charge in [-0.25, -0.2) is 20.8 Å². The van der Waals surface area contributed by atoms with Crippen molar-refractivity contribution in [3.8, 4) is 0 Å². The molecule has 4 heterocycles. The Labute approximate surface area is 144 Å². The molecule has 0 bridgehead atoms. The molecule has 5 rings (SSSR count). The number of aromatic nitrogens is 3. The summed E-state index contributed by atoms with van der Waals surface area (Å²) in [6, 6.07) is 0. The SMILES string of the molecule is NNc1ncnc2c1sc1nc(N3CCCCC3)c3c(c12)CCC3. The van der Waals surface area contributed by atoms with Crippen LogP contribution in [0.15, 0.2) is 6.33 Å². The Balaban J connectivity index is 1.80. The Morgan fingerprint density at radius 3 is 2.71 bits per heavy atom. The number of nitrogens with two attached hydrogens (primary N) is 1. The van der Waals surface area contributed by atoms with Crippen LogP contribution >= 0.6 is 11.3 Å². The number of nitrogen functional groups attached to an aromatic ring is 1. The van der Waals surface area contributed by atoms with Gasteiger partial charge in [-0.2, -0.15) is 0 Å². The summed E-state index contributed by atoms with van der Waals surface area (Å²) in [6.07, 6.45) is 8.93. The average Bonchev–Trinajstić information content (AvgIpc) is 3.25. The second-order valence-electron chi connectivity index (χ2n) is 6.62. The van der Waals surface area contributed by atoms with Gasteiger partial charge in [0.05, 0.1) is 10.2 Å². The highest BCUT2D eigenvalue weighted by atomic mass is 32.1. The van der Waals surface area contributed by atoms with Crippen molar-refractivity contribution >= 4 is 43.4 Å². The number of fused-ring (bicyclic) bond motifs is 5. The number of anilines is 2. The molecule has 0 atom stereocenters. The maximum atomic E-state index is 5.64. The third-order valence-electron chi connectivity index (χ3n) is 5.24. The van der Waals surface area contributed by atoms with Gasteiger partial charge in [-0.3, -0.25) is 0 Å². The average molecular weight is 340 g/mol. The van der Waals surface area contributed by atoms with Gasteiger partial charge in [0.2, 0.25) is 0 Å². The molecule has 2 aliphatic rings. The lowest BCUT2D eigenvalue weighted by Crippen LogP contribution is -2.31. The predicted octanol–water partition coefficient (Wildman–Crippen LogP) is 3.00. The molecule has 3 aromatic heterocycles. The zero-order chi connectivity index (χ0) is 16.1. The maximum Gasteiger partial charge on any atom is 0.161 e. The first-order chi connectivity index (χ1) is 11.9. The number of aryl methyl sites for hydroxylation is 1. The number of pyridine rings is 1. The fourth-order valence-electron chi connectivity index (χ4n) is 4.15. The molecule has 1 aliphatic heterocycles. The first-order valence-electron chi connectivity index (χ1n) is 8.67. The van der Waals surface area contributed by atoms with E-state index in [1.807, 2.05) is 0 Å². The minimum atomic E-state index is 0.689. The monoisotopic (exact) mass is 340 g/mol. The van der Waals surface area contributed by atoms with Gasteiger partial charge in [0.25, 0.3) is 0 Å². The molecular formula is C17H20N6S. The number of hydrogen-bond donors (Lipinski definition) is 2. The largest absolute Gasteiger partial charge is 0.356 e. The molecule has 7 heteroatoms. The second kappa shape index (κ2) is 5.53. The molecule has 1 aliphatic carbocycles. The third kappa shape index (κ3) is 2.01. The molecule has 1 saturated heterocycles.